The van der Waals surface area contributed by atoms with Crippen LogP contribution >= 0.6 is 12.6 Å². The topological polar surface area (TPSA) is 87.7 Å². The van der Waals surface area contributed by atoms with E-state index in [1.807, 2.05) is 45.9 Å². The van der Waals surface area contributed by atoms with Crippen LogP contribution in [0.3, 0.4) is 0 Å². The highest BCUT2D eigenvalue weighted by Crippen LogP contribution is 2.26. The van der Waals surface area contributed by atoms with Crippen molar-refractivity contribution in [3.05, 3.63) is 34.9 Å². The third-order valence-corrected chi connectivity index (χ3v) is 4.89. The van der Waals surface area contributed by atoms with Crippen LogP contribution in [0, 0.1) is 13.8 Å². The lowest BCUT2D eigenvalue weighted by atomic mass is 9.95. The second-order valence-corrected chi connectivity index (χ2v) is 9.05. The molecule has 3 amide bonds. The van der Waals surface area contributed by atoms with Crippen LogP contribution in [0.5, 0.6) is 0 Å². The average Bonchev–Trinajstić information content (AvgIpc) is 2.60. The Morgan fingerprint density at radius 3 is 2.23 bits per heavy atom. The van der Waals surface area contributed by atoms with E-state index in [2.05, 4.69) is 23.3 Å². The Balaban J connectivity index is 3.22. The Bertz CT molecular complexity index is 774. The number of thiol groups is 1. The molecule has 1 rings (SSSR count). The van der Waals surface area contributed by atoms with Crippen LogP contribution in [-0.2, 0) is 14.3 Å². The van der Waals surface area contributed by atoms with E-state index in [0.717, 1.165) is 16.7 Å². The lowest BCUT2D eigenvalue weighted by Gasteiger charge is -2.32. The summed E-state index contributed by atoms with van der Waals surface area (Å²) in [7, 11) is 1.56. The summed E-state index contributed by atoms with van der Waals surface area (Å²) in [4.78, 5) is 39.8. The van der Waals surface area contributed by atoms with Crippen molar-refractivity contribution in [1.29, 1.82) is 0 Å². The number of carbonyl (C=O) groups excluding carboxylic acids is 3. The van der Waals surface area contributed by atoms with E-state index >= 15 is 0 Å². The van der Waals surface area contributed by atoms with E-state index in [0.29, 0.717) is 0 Å². The summed E-state index contributed by atoms with van der Waals surface area (Å²) in [5.74, 6) is -0.654. The number of aryl methyl sites for hydroxylation is 1. The van der Waals surface area contributed by atoms with Crippen molar-refractivity contribution in [2.24, 2.45) is 0 Å². The molecule has 0 bridgehead atoms. The molecule has 7 nitrogen and oxygen atoms in total. The normalized spacial score (nSPS) is 13.4. The molecule has 2 N–H and O–H groups in total. The van der Waals surface area contributed by atoms with Gasteiger partial charge in [0.1, 0.15) is 17.7 Å². The Morgan fingerprint density at radius 1 is 1.13 bits per heavy atom. The number of carbonyl (C=O) groups is 3. The minimum Gasteiger partial charge on any atom is -0.444 e. The van der Waals surface area contributed by atoms with Crippen molar-refractivity contribution in [3.63, 3.8) is 0 Å². The molecule has 0 saturated heterocycles. The first-order valence-corrected chi connectivity index (χ1v) is 10.6. The standard InChI is InChI=1S/C22H35N3O4S/c1-13(2)23-19(26)18(16-11-9-10-14(3)15(16)4)25(8)20(27)17(12-30)24-21(28)29-22(5,6)7/h9-11,13,17-18,30H,12H2,1-8H3,(H,23,26)(H,24,28). The van der Waals surface area contributed by atoms with Gasteiger partial charge in [0.15, 0.2) is 0 Å². The highest BCUT2D eigenvalue weighted by molar-refractivity contribution is 7.80. The number of hydrogen-bond acceptors (Lipinski definition) is 5. The fraction of sp³-hybridized carbons (Fsp3) is 0.591. The van der Waals surface area contributed by atoms with Gasteiger partial charge in [-0.15, -0.1) is 0 Å². The number of amides is 3. The van der Waals surface area contributed by atoms with E-state index in [1.165, 1.54) is 4.90 Å². The number of ether oxygens (including phenoxy) is 1. The minimum atomic E-state index is -0.937. The van der Waals surface area contributed by atoms with Gasteiger partial charge in [-0.2, -0.15) is 12.6 Å². The van der Waals surface area contributed by atoms with Gasteiger partial charge in [0.25, 0.3) is 0 Å². The van der Waals surface area contributed by atoms with E-state index in [1.54, 1.807) is 27.8 Å². The van der Waals surface area contributed by atoms with Crippen molar-refractivity contribution in [2.45, 2.75) is 72.2 Å². The molecule has 0 aliphatic carbocycles. The van der Waals surface area contributed by atoms with Gasteiger partial charge in [0.05, 0.1) is 0 Å². The molecular weight excluding hydrogens is 402 g/mol. The fourth-order valence-electron chi connectivity index (χ4n) is 2.97. The number of nitrogens with zero attached hydrogens (tertiary/aromatic N) is 1. The van der Waals surface area contributed by atoms with Crippen LogP contribution in [0.15, 0.2) is 18.2 Å². The maximum Gasteiger partial charge on any atom is 0.408 e. The molecule has 8 heteroatoms. The lowest BCUT2D eigenvalue weighted by Crippen LogP contribution is -2.53. The predicted molar refractivity (Wildman–Crippen MR) is 122 cm³/mol. The molecule has 0 aliphatic heterocycles. The second kappa shape index (κ2) is 10.7. The van der Waals surface area contributed by atoms with Crippen molar-refractivity contribution in [2.75, 3.05) is 12.8 Å². The van der Waals surface area contributed by atoms with Gasteiger partial charge < -0.3 is 20.3 Å². The molecule has 1 aromatic rings. The van der Waals surface area contributed by atoms with Gasteiger partial charge in [-0.05, 0) is 65.2 Å². The van der Waals surface area contributed by atoms with Crippen molar-refractivity contribution in [3.8, 4) is 0 Å². The molecule has 0 aromatic heterocycles. The van der Waals surface area contributed by atoms with Gasteiger partial charge in [0.2, 0.25) is 11.8 Å². The van der Waals surface area contributed by atoms with Gasteiger partial charge >= 0.3 is 6.09 Å². The number of rotatable bonds is 7. The van der Waals surface area contributed by atoms with E-state index in [9.17, 15) is 14.4 Å². The first-order chi connectivity index (χ1) is 13.8. The van der Waals surface area contributed by atoms with Gasteiger partial charge in [0, 0.05) is 18.8 Å². The van der Waals surface area contributed by atoms with Gasteiger partial charge in [-0.3, -0.25) is 9.59 Å². The highest BCUT2D eigenvalue weighted by Gasteiger charge is 2.34. The Hall–Kier alpha value is -2.22. The molecule has 0 saturated carbocycles. The molecule has 0 fully saturated rings. The molecule has 0 spiro atoms. The lowest BCUT2D eigenvalue weighted by molar-refractivity contribution is -0.140. The molecule has 168 valence electrons. The quantitative estimate of drug-likeness (QED) is 0.572. The number of likely N-dealkylation sites (N-methyl/N-ethyl adjacent to an activating group) is 1. The zero-order valence-electron chi connectivity index (χ0n) is 19.2. The monoisotopic (exact) mass is 437 g/mol. The van der Waals surface area contributed by atoms with Crippen molar-refractivity contribution < 1.29 is 19.1 Å². The molecule has 2 atom stereocenters. The van der Waals surface area contributed by atoms with Crippen molar-refractivity contribution in [1.82, 2.24) is 15.5 Å². The highest BCUT2D eigenvalue weighted by atomic mass is 32.1. The molecule has 0 aliphatic rings. The first-order valence-electron chi connectivity index (χ1n) is 10.0. The smallest absolute Gasteiger partial charge is 0.408 e. The van der Waals surface area contributed by atoms with Crippen LogP contribution in [0.4, 0.5) is 4.79 Å². The molecule has 2 unspecified atom stereocenters. The van der Waals surface area contributed by atoms with Gasteiger partial charge in [-0.1, -0.05) is 18.2 Å². The molecule has 1 aromatic carbocycles. The molecule has 0 radical (unpaired) electrons. The largest absolute Gasteiger partial charge is 0.444 e. The Morgan fingerprint density at radius 2 is 1.73 bits per heavy atom. The summed E-state index contributed by atoms with van der Waals surface area (Å²) < 4.78 is 5.25. The van der Waals surface area contributed by atoms with E-state index < -0.39 is 29.7 Å². The Kier molecular flexibility index (Phi) is 9.21. The summed E-state index contributed by atoms with van der Waals surface area (Å²) in [6.45, 7) is 12.8. The number of benzene rings is 1. The summed E-state index contributed by atoms with van der Waals surface area (Å²) in [5, 5.41) is 5.44. The minimum absolute atomic E-state index is 0.0632. The third-order valence-electron chi connectivity index (χ3n) is 4.53. The van der Waals surface area contributed by atoms with Crippen LogP contribution in [0.2, 0.25) is 0 Å². The molecule has 30 heavy (non-hydrogen) atoms. The van der Waals surface area contributed by atoms with Crippen molar-refractivity contribution >= 4 is 30.5 Å². The predicted octanol–water partition coefficient (Wildman–Crippen LogP) is 3.15. The Labute approximate surface area is 185 Å². The zero-order valence-corrected chi connectivity index (χ0v) is 20.1. The molecular formula is C22H35N3O4S. The molecule has 0 heterocycles. The van der Waals surface area contributed by atoms with Gasteiger partial charge in [-0.25, -0.2) is 4.79 Å². The number of nitrogens with one attached hydrogen (secondary N) is 2. The average molecular weight is 438 g/mol. The van der Waals surface area contributed by atoms with Crippen LogP contribution in [-0.4, -0.2) is 53.3 Å². The zero-order chi connectivity index (χ0) is 23.2. The summed E-state index contributed by atoms with van der Waals surface area (Å²) >= 11 is 4.22. The SMILES string of the molecule is Cc1cccc(C(C(=O)NC(C)C)N(C)C(=O)C(CS)NC(=O)OC(C)(C)C)c1C. The number of alkyl carbamates (subject to hydrolysis) is 1. The third kappa shape index (κ3) is 7.23. The first kappa shape index (κ1) is 25.8. The maximum absolute atomic E-state index is 13.2. The fourth-order valence-corrected chi connectivity index (χ4v) is 3.22. The summed E-state index contributed by atoms with van der Waals surface area (Å²) in [6.07, 6.45) is -0.710. The summed E-state index contributed by atoms with van der Waals surface area (Å²) in [5.41, 5.74) is 1.99. The summed E-state index contributed by atoms with van der Waals surface area (Å²) in [6, 6.07) is 3.79. The maximum atomic E-state index is 13.2. The second-order valence-electron chi connectivity index (χ2n) is 8.69. The van der Waals surface area contributed by atoms with E-state index in [4.69, 9.17) is 4.74 Å². The van der Waals surface area contributed by atoms with Crippen LogP contribution in [0.25, 0.3) is 0 Å². The van der Waals surface area contributed by atoms with Crippen LogP contribution < -0.4 is 10.6 Å². The van der Waals surface area contributed by atoms with Crippen LogP contribution in [0.1, 0.15) is 57.4 Å². The number of hydrogen-bond donors (Lipinski definition) is 3. The van der Waals surface area contributed by atoms with E-state index in [-0.39, 0.29) is 17.7 Å².